The van der Waals surface area contributed by atoms with Crippen LogP contribution in [0.15, 0.2) is 60.7 Å². The number of carbonyl (C=O) groups excluding carboxylic acids is 1. The number of carboxylic acid groups (broad SMARTS) is 1. The topological polar surface area (TPSA) is 88.5 Å². The first kappa shape index (κ1) is 25.7. The molecule has 2 N–H and O–H groups in total. The summed E-state index contributed by atoms with van der Waals surface area (Å²) in [5.74, 6) is -0.946. The third-order valence-electron chi connectivity index (χ3n) is 5.35. The molecule has 3 aromatic rings. The number of ether oxygens (including phenoxy) is 1. The average Bonchev–Trinajstić information content (AvgIpc) is 2.79. The van der Waals surface area contributed by atoms with Crippen LogP contribution in [0.1, 0.15) is 41.0 Å². The van der Waals surface area contributed by atoms with E-state index in [9.17, 15) is 22.8 Å². The number of hydrogen-bond acceptors (Lipinski definition) is 4. The highest BCUT2D eigenvalue weighted by molar-refractivity contribution is 5.95. The van der Waals surface area contributed by atoms with Crippen molar-refractivity contribution in [3.05, 3.63) is 83.0 Å². The minimum atomic E-state index is -4.41. The van der Waals surface area contributed by atoms with Crippen LogP contribution in [0.4, 0.5) is 13.2 Å². The van der Waals surface area contributed by atoms with Gasteiger partial charge in [0, 0.05) is 12.1 Å². The Morgan fingerprint density at radius 3 is 2.14 bits per heavy atom. The van der Waals surface area contributed by atoms with Gasteiger partial charge in [-0.15, -0.1) is 0 Å². The number of halogens is 3. The zero-order chi connectivity index (χ0) is 25.8. The van der Waals surface area contributed by atoms with Crippen LogP contribution < -0.4 is 10.1 Å². The second-order valence-corrected chi connectivity index (χ2v) is 8.47. The molecule has 0 radical (unpaired) electrons. The van der Waals surface area contributed by atoms with Crippen LogP contribution in [-0.2, 0) is 17.4 Å². The summed E-state index contributed by atoms with van der Waals surface area (Å²) in [5, 5.41) is 12.0. The van der Waals surface area contributed by atoms with Gasteiger partial charge in [-0.1, -0.05) is 24.3 Å². The number of aromatic nitrogens is 1. The normalized spacial score (nSPS) is 11.7. The first-order chi connectivity index (χ1) is 16.4. The van der Waals surface area contributed by atoms with E-state index in [1.165, 1.54) is 26.0 Å². The number of nitrogens with zero attached hydrogens (tertiary/aromatic N) is 1. The molecule has 184 valence electrons. The Hall–Kier alpha value is -3.88. The average molecular weight is 486 g/mol. The van der Waals surface area contributed by atoms with E-state index in [0.29, 0.717) is 41.2 Å². The van der Waals surface area contributed by atoms with Crippen molar-refractivity contribution < 1.29 is 32.6 Å². The third kappa shape index (κ3) is 6.59. The molecule has 0 unspecified atom stereocenters. The van der Waals surface area contributed by atoms with Crippen molar-refractivity contribution in [1.82, 2.24) is 10.3 Å². The van der Waals surface area contributed by atoms with Crippen molar-refractivity contribution in [2.45, 2.75) is 39.0 Å². The highest BCUT2D eigenvalue weighted by Crippen LogP contribution is 2.30. The van der Waals surface area contributed by atoms with E-state index in [4.69, 9.17) is 9.84 Å². The second-order valence-electron chi connectivity index (χ2n) is 8.47. The monoisotopic (exact) mass is 486 g/mol. The molecule has 1 amide bonds. The first-order valence-electron chi connectivity index (χ1n) is 10.8. The maximum atomic E-state index is 12.8. The van der Waals surface area contributed by atoms with Crippen LogP contribution in [-0.4, -0.2) is 34.1 Å². The highest BCUT2D eigenvalue weighted by atomic mass is 19.4. The summed E-state index contributed by atoms with van der Waals surface area (Å²) in [4.78, 5) is 28.1. The van der Waals surface area contributed by atoms with Gasteiger partial charge in [0.25, 0.3) is 5.91 Å². The molecule has 0 aliphatic rings. The van der Waals surface area contributed by atoms with Gasteiger partial charge in [-0.25, -0.2) is 4.79 Å². The van der Waals surface area contributed by atoms with Crippen LogP contribution in [0.3, 0.4) is 0 Å². The maximum absolute atomic E-state index is 12.8. The predicted octanol–water partition coefficient (Wildman–Crippen LogP) is 5.29. The molecule has 6 nitrogen and oxygen atoms in total. The Kier molecular flexibility index (Phi) is 7.48. The molecular weight excluding hydrogens is 461 g/mol. The zero-order valence-corrected chi connectivity index (χ0v) is 19.4. The summed E-state index contributed by atoms with van der Waals surface area (Å²) in [6.07, 6.45) is -3.86. The van der Waals surface area contributed by atoms with E-state index < -0.39 is 23.3 Å². The number of carboxylic acids is 1. The fourth-order valence-electron chi connectivity index (χ4n) is 3.27. The molecule has 0 spiro atoms. The molecular formula is C26H25F3N2O4. The van der Waals surface area contributed by atoms with Crippen LogP contribution in [0.5, 0.6) is 5.75 Å². The van der Waals surface area contributed by atoms with Crippen LogP contribution in [0.2, 0.25) is 0 Å². The molecule has 0 atom stereocenters. The summed E-state index contributed by atoms with van der Waals surface area (Å²) in [6.45, 7) is 4.96. The number of rotatable bonds is 8. The van der Waals surface area contributed by atoms with E-state index in [1.54, 1.807) is 43.3 Å². The van der Waals surface area contributed by atoms with E-state index in [-0.39, 0.29) is 5.91 Å². The lowest BCUT2D eigenvalue weighted by molar-refractivity contribution is -0.152. The van der Waals surface area contributed by atoms with Crippen molar-refractivity contribution in [2.24, 2.45) is 0 Å². The van der Waals surface area contributed by atoms with E-state index in [2.05, 4.69) is 10.3 Å². The first-order valence-corrected chi connectivity index (χ1v) is 10.8. The van der Waals surface area contributed by atoms with Crippen molar-refractivity contribution in [2.75, 3.05) is 6.54 Å². The summed E-state index contributed by atoms with van der Waals surface area (Å²) >= 11 is 0. The number of amides is 1. The SMILES string of the molecule is Cc1nc(-c2ccc(C(F)(F)F)cc2)ccc1C(=O)NCCc1ccc(OC(C)(C)C(=O)O)cc1. The summed E-state index contributed by atoms with van der Waals surface area (Å²) in [7, 11) is 0. The van der Waals surface area contributed by atoms with Gasteiger partial charge in [-0.3, -0.25) is 9.78 Å². The molecule has 2 aromatic carbocycles. The number of hydrogen-bond donors (Lipinski definition) is 2. The van der Waals surface area contributed by atoms with Gasteiger partial charge in [0.2, 0.25) is 0 Å². The van der Waals surface area contributed by atoms with Gasteiger partial charge in [-0.05, 0) is 69.2 Å². The molecule has 0 fully saturated rings. The standard InChI is InChI=1S/C26H25F3N2O4/c1-16-21(12-13-22(31-16)18-6-8-19(9-7-18)26(27,28)29)23(32)30-15-14-17-4-10-20(11-5-17)35-25(2,3)24(33)34/h4-13H,14-15H2,1-3H3,(H,30,32)(H,33,34). The molecule has 1 aromatic heterocycles. The number of carbonyl (C=O) groups is 2. The number of pyridine rings is 1. The maximum Gasteiger partial charge on any atom is 0.416 e. The Bertz CT molecular complexity index is 1200. The summed E-state index contributed by atoms with van der Waals surface area (Å²) in [5.41, 5.74) is 0.679. The highest BCUT2D eigenvalue weighted by Gasteiger charge is 2.30. The van der Waals surface area contributed by atoms with Gasteiger partial charge in [-0.2, -0.15) is 13.2 Å². The van der Waals surface area contributed by atoms with Crippen molar-refractivity contribution in [1.29, 1.82) is 0 Å². The lowest BCUT2D eigenvalue weighted by Crippen LogP contribution is -2.37. The fourth-order valence-corrected chi connectivity index (χ4v) is 3.27. The van der Waals surface area contributed by atoms with Crippen molar-refractivity contribution in [3.63, 3.8) is 0 Å². The number of aliphatic carboxylic acids is 1. The molecule has 3 rings (SSSR count). The largest absolute Gasteiger partial charge is 0.478 e. The molecule has 0 bridgehead atoms. The van der Waals surface area contributed by atoms with Gasteiger partial charge in [0.05, 0.1) is 22.5 Å². The number of nitrogens with one attached hydrogen (secondary N) is 1. The molecule has 0 saturated heterocycles. The summed E-state index contributed by atoms with van der Waals surface area (Å²) in [6, 6.07) is 14.8. The van der Waals surface area contributed by atoms with Gasteiger partial charge >= 0.3 is 12.1 Å². The third-order valence-corrected chi connectivity index (χ3v) is 5.35. The smallest absolute Gasteiger partial charge is 0.416 e. The van der Waals surface area contributed by atoms with Crippen LogP contribution >= 0.6 is 0 Å². The number of benzene rings is 2. The van der Waals surface area contributed by atoms with Gasteiger partial charge in [0.1, 0.15) is 5.75 Å². The quantitative estimate of drug-likeness (QED) is 0.452. The van der Waals surface area contributed by atoms with E-state index in [0.717, 1.165) is 17.7 Å². The fraction of sp³-hybridized carbons (Fsp3) is 0.269. The van der Waals surface area contributed by atoms with Crippen LogP contribution in [0, 0.1) is 6.92 Å². The summed E-state index contributed by atoms with van der Waals surface area (Å²) < 4.78 is 43.7. The number of aryl methyl sites for hydroxylation is 1. The van der Waals surface area contributed by atoms with E-state index in [1.807, 2.05) is 0 Å². The molecule has 9 heteroatoms. The second kappa shape index (κ2) is 10.2. The molecule has 35 heavy (non-hydrogen) atoms. The molecule has 0 saturated carbocycles. The molecule has 0 aliphatic heterocycles. The minimum absolute atomic E-state index is 0.308. The predicted molar refractivity (Wildman–Crippen MR) is 124 cm³/mol. The van der Waals surface area contributed by atoms with Crippen LogP contribution in [0.25, 0.3) is 11.3 Å². The Morgan fingerprint density at radius 2 is 1.60 bits per heavy atom. The Balaban J connectivity index is 1.57. The van der Waals surface area contributed by atoms with E-state index >= 15 is 0 Å². The lowest BCUT2D eigenvalue weighted by atomic mass is 10.1. The van der Waals surface area contributed by atoms with Gasteiger partial charge < -0.3 is 15.2 Å². The molecule has 0 aliphatic carbocycles. The van der Waals surface area contributed by atoms with Gasteiger partial charge in [0.15, 0.2) is 5.60 Å². The molecule has 1 heterocycles. The Labute approximate surface area is 200 Å². The van der Waals surface area contributed by atoms with Crippen molar-refractivity contribution in [3.8, 4) is 17.0 Å². The Morgan fingerprint density at radius 1 is 0.971 bits per heavy atom. The van der Waals surface area contributed by atoms with Crippen molar-refractivity contribution >= 4 is 11.9 Å². The minimum Gasteiger partial charge on any atom is -0.478 e. The number of alkyl halides is 3. The lowest BCUT2D eigenvalue weighted by Gasteiger charge is -2.21. The zero-order valence-electron chi connectivity index (χ0n) is 19.4.